The molecule has 0 radical (unpaired) electrons. The molecule has 0 bridgehead atoms. The molecule has 8 heteroatoms. The van der Waals surface area contributed by atoms with Crippen molar-refractivity contribution in [2.45, 2.75) is 43.5 Å². The van der Waals surface area contributed by atoms with E-state index >= 15 is 0 Å². The fourth-order valence-electron chi connectivity index (χ4n) is 3.76. The Morgan fingerprint density at radius 1 is 1.06 bits per heavy atom. The number of carbonyl (C=O) groups is 1. The Balaban J connectivity index is 1.62. The molecule has 1 atom stereocenters. The number of piperidine rings is 1. The zero-order valence-electron chi connectivity index (χ0n) is 18.7. The smallest absolute Gasteiger partial charge is 0.237 e. The minimum atomic E-state index is -0.358. The van der Waals surface area contributed by atoms with E-state index in [1.165, 1.54) is 18.2 Å². The van der Waals surface area contributed by atoms with Gasteiger partial charge in [-0.2, -0.15) is 0 Å². The number of carbonyl (C=O) groups excluding carboxylic acids is 1. The third kappa shape index (κ3) is 4.91. The average Bonchev–Trinajstić information content (AvgIpc) is 3.24. The van der Waals surface area contributed by atoms with Gasteiger partial charge in [0.05, 0.1) is 18.0 Å². The minimum Gasteiger partial charge on any atom is -0.495 e. The van der Waals surface area contributed by atoms with Crippen LogP contribution in [0, 0.1) is 6.92 Å². The average molecular weight is 452 g/mol. The van der Waals surface area contributed by atoms with Gasteiger partial charge in [-0.05, 0) is 57.4 Å². The molecule has 2 heterocycles. The normalized spacial score (nSPS) is 14.8. The molecule has 1 aliphatic heterocycles. The van der Waals surface area contributed by atoms with Crippen LogP contribution in [0.2, 0.25) is 0 Å². The maximum Gasteiger partial charge on any atom is 0.237 e. The SMILES string of the molecule is COc1ccccc1-n1c(SC(C)C(=O)Nc2ccc(C)cc2)nnc1N1CCCCC1. The molecule has 1 N–H and O–H groups in total. The lowest BCUT2D eigenvalue weighted by molar-refractivity contribution is -0.115. The summed E-state index contributed by atoms with van der Waals surface area (Å²) in [6.07, 6.45) is 3.50. The highest BCUT2D eigenvalue weighted by molar-refractivity contribution is 8.00. The quantitative estimate of drug-likeness (QED) is 0.525. The van der Waals surface area contributed by atoms with Gasteiger partial charge in [0.1, 0.15) is 5.75 Å². The van der Waals surface area contributed by atoms with Gasteiger partial charge in [-0.15, -0.1) is 10.2 Å². The van der Waals surface area contributed by atoms with Crippen molar-refractivity contribution in [1.29, 1.82) is 0 Å². The van der Waals surface area contributed by atoms with Gasteiger partial charge in [0.15, 0.2) is 5.16 Å². The van der Waals surface area contributed by atoms with Crippen LogP contribution in [0.4, 0.5) is 11.6 Å². The number of hydrogen-bond donors (Lipinski definition) is 1. The second-order valence-electron chi connectivity index (χ2n) is 7.95. The molecule has 0 saturated carbocycles. The van der Waals surface area contributed by atoms with Gasteiger partial charge in [0.25, 0.3) is 0 Å². The Bertz CT molecular complexity index is 1060. The molecule has 2 aromatic carbocycles. The predicted octanol–water partition coefficient (Wildman–Crippen LogP) is 4.69. The summed E-state index contributed by atoms with van der Waals surface area (Å²) < 4.78 is 7.64. The molecule has 1 amide bonds. The van der Waals surface area contributed by atoms with E-state index in [9.17, 15) is 4.79 Å². The van der Waals surface area contributed by atoms with Crippen LogP contribution >= 0.6 is 11.8 Å². The molecule has 1 fully saturated rings. The summed E-state index contributed by atoms with van der Waals surface area (Å²) in [5, 5.41) is 12.3. The summed E-state index contributed by atoms with van der Waals surface area (Å²) in [5.74, 6) is 1.46. The first-order valence-electron chi connectivity index (χ1n) is 10.9. The third-order valence-electron chi connectivity index (χ3n) is 5.55. The molecular formula is C24H29N5O2S. The van der Waals surface area contributed by atoms with Crippen LogP contribution in [0.5, 0.6) is 5.75 Å². The molecule has 1 unspecified atom stereocenters. The van der Waals surface area contributed by atoms with E-state index in [-0.39, 0.29) is 11.2 Å². The molecule has 168 valence electrons. The maximum absolute atomic E-state index is 12.9. The number of amides is 1. The third-order valence-corrected chi connectivity index (χ3v) is 6.59. The van der Waals surface area contributed by atoms with Crippen LogP contribution in [0.25, 0.3) is 5.69 Å². The summed E-state index contributed by atoms with van der Waals surface area (Å²) in [7, 11) is 1.66. The predicted molar refractivity (Wildman–Crippen MR) is 129 cm³/mol. The fourth-order valence-corrected chi connectivity index (χ4v) is 4.61. The van der Waals surface area contributed by atoms with Crippen molar-refractivity contribution in [1.82, 2.24) is 14.8 Å². The highest BCUT2D eigenvalue weighted by atomic mass is 32.2. The Kier molecular flexibility index (Phi) is 6.99. The monoisotopic (exact) mass is 451 g/mol. The van der Waals surface area contributed by atoms with Gasteiger partial charge in [0, 0.05) is 18.8 Å². The summed E-state index contributed by atoms with van der Waals surface area (Å²) in [5.41, 5.74) is 2.81. The lowest BCUT2D eigenvalue weighted by atomic mass is 10.1. The lowest BCUT2D eigenvalue weighted by Crippen LogP contribution is -2.32. The molecule has 32 heavy (non-hydrogen) atoms. The van der Waals surface area contributed by atoms with Gasteiger partial charge in [-0.3, -0.25) is 9.36 Å². The Hall–Kier alpha value is -3.00. The molecule has 7 nitrogen and oxygen atoms in total. The molecule has 4 rings (SSSR count). The zero-order chi connectivity index (χ0) is 22.5. The topological polar surface area (TPSA) is 72.3 Å². The number of aryl methyl sites for hydroxylation is 1. The van der Waals surface area contributed by atoms with Crippen LogP contribution in [0.1, 0.15) is 31.7 Å². The lowest BCUT2D eigenvalue weighted by Gasteiger charge is -2.28. The van der Waals surface area contributed by atoms with Gasteiger partial charge < -0.3 is 15.0 Å². The van der Waals surface area contributed by atoms with Crippen LogP contribution in [0.15, 0.2) is 53.7 Å². The van der Waals surface area contributed by atoms with Gasteiger partial charge in [-0.25, -0.2) is 0 Å². The molecular weight excluding hydrogens is 422 g/mol. The van der Waals surface area contributed by atoms with Crippen molar-refractivity contribution in [3.05, 3.63) is 54.1 Å². The number of rotatable bonds is 7. The number of nitrogens with one attached hydrogen (secondary N) is 1. The highest BCUT2D eigenvalue weighted by Gasteiger charge is 2.26. The van der Waals surface area contributed by atoms with E-state index < -0.39 is 0 Å². The fraction of sp³-hybridized carbons (Fsp3) is 0.375. The van der Waals surface area contributed by atoms with Crippen LogP contribution in [0.3, 0.4) is 0 Å². The van der Waals surface area contributed by atoms with E-state index in [1.54, 1.807) is 7.11 Å². The summed E-state index contributed by atoms with van der Waals surface area (Å²) in [6.45, 7) is 5.80. The molecule has 0 spiro atoms. The Morgan fingerprint density at radius 3 is 2.50 bits per heavy atom. The maximum atomic E-state index is 12.9. The van der Waals surface area contributed by atoms with Gasteiger partial charge in [0.2, 0.25) is 11.9 Å². The Morgan fingerprint density at radius 2 is 1.78 bits per heavy atom. The Labute approximate surface area is 193 Å². The van der Waals surface area contributed by atoms with Gasteiger partial charge in [-0.1, -0.05) is 41.6 Å². The molecule has 1 aromatic heterocycles. The first-order valence-corrected chi connectivity index (χ1v) is 11.8. The summed E-state index contributed by atoms with van der Waals surface area (Å²) >= 11 is 1.39. The number of aromatic nitrogens is 3. The summed E-state index contributed by atoms with van der Waals surface area (Å²) in [4.78, 5) is 15.1. The van der Waals surface area contributed by atoms with Crippen molar-refractivity contribution in [3.8, 4) is 11.4 Å². The van der Waals surface area contributed by atoms with E-state index in [0.717, 1.165) is 54.6 Å². The van der Waals surface area contributed by atoms with Crippen molar-refractivity contribution >= 4 is 29.3 Å². The second kappa shape index (κ2) is 10.1. The van der Waals surface area contributed by atoms with Crippen molar-refractivity contribution < 1.29 is 9.53 Å². The minimum absolute atomic E-state index is 0.0760. The van der Waals surface area contributed by atoms with E-state index in [1.807, 2.05) is 66.9 Å². The molecule has 1 aliphatic rings. The number of benzene rings is 2. The molecule has 1 saturated heterocycles. The number of ether oxygens (including phenoxy) is 1. The van der Waals surface area contributed by atoms with Gasteiger partial charge >= 0.3 is 0 Å². The van der Waals surface area contributed by atoms with Crippen molar-refractivity contribution in [3.63, 3.8) is 0 Å². The van der Waals surface area contributed by atoms with E-state index in [2.05, 4.69) is 20.4 Å². The standard InChI is InChI=1S/C24H29N5O2S/c1-17-11-13-19(14-12-17)25-22(30)18(2)32-24-27-26-23(28-15-7-4-8-16-28)29(24)20-9-5-6-10-21(20)31-3/h5-6,9-14,18H,4,7-8,15-16H2,1-3H3,(H,25,30). The number of hydrogen-bond acceptors (Lipinski definition) is 6. The number of methoxy groups -OCH3 is 1. The summed E-state index contributed by atoms with van der Waals surface area (Å²) in [6, 6.07) is 15.6. The van der Waals surface area contributed by atoms with Crippen molar-refractivity contribution in [2.75, 3.05) is 30.4 Å². The molecule has 0 aliphatic carbocycles. The van der Waals surface area contributed by atoms with E-state index in [0.29, 0.717) is 5.16 Å². The zero-order valence-corrected chi connectivity index (χ0v) is 19.6. The second-order valence-corrected chi connectivity index (χ2v) is 9.26. The van der Waals surface area contributed by atoms with Crippen LogP contribution in [-0.4, -0.2) is 46.1 Å². The number of nitrogens with zero attached hydrogens (tertiary/aromatic N) is 4. The number of anilines is 2. The number of para-hydroxylation sites is 2. The number of thioether (sulfide) groups is 1. The van der Waals surface area contributed by atoms with E-state index in [4.69, 9.17) is 4.74 Å². The highest BCUT2D eigenvalue weighted by Crippen LogP contribution is 2.34. The first kappa shape index (κ1) is 22.2. The largest absolute Gasteiger partial charge is 0.495 e. The first-order chi connectivity index (χ1) is 15.6. The van der Waals surface area contributed by atoms with Crippen LogP contribution in [-0.2, 0) is 4.79 Å². The molecule has 3 aromatic rings. The van der Waals surface area contributed by atoms with Crippen molar-refractivity contribution in [2.24, 2.45) is 0 Å². The van der Waals surface area contributed by atoms with Crippen LogP contribution < -0.4 is 15.0 Å².